The monoisotopic (exact) mass is 432 g/mol. The number of hydrogen-bond acceptors (Lipinski definition) is 4. The number of hydrogen-bond donors (Lipinski definition) is 0. The van der Waals surface area contributed by atoms with Gasteiger partial charge in [0.25, 0.3) is 5.91 Å². The van der Waals surface area contributed by atoms with Gasteiger partial charge in [-0.05, 0) is 78.9 Å². The summed E-state index contributed by atoms with van der Waals surface area (Å²) >= 11 is 5.95. The normalized spacial score (nSPS) is 22.2. The van der Waals surface area contributed by atoms with Crippen molar-refractivity contribution >= 4 is 35.4 Å². The third-order valence-electron chi connectivity index (χ3n) is 5.71. The minimum absolute atomic E-state index is 0.0917. The Kier molecular flexibility index (Phi) is 5.35. The van der Waals surface area contributed by atoms with Crippen LogP contribution in [0.1, 0.15) is 42.4 Å². The largest absolute Gasteiger partial charge is 0.467 e. The standard InChI is InChI=1S/C25H21ClN2O3/c26-19-11-8-17(9-12-19)10-13-23(29)28-25(22-7-3-15-31-22)21-6-1-4-18(24(21)27-28)16-20-5-2-14-30-20/h2-3,5,7-16,21,25H,1,4,6H2/b13-10+,18-16+/t21-,25-/m1/s1. The number of carbonyl (C=O) groups is 1. The van der Waals surface area contributed by atoms with Gasteiger partial charge in [0.05, 0.1) is 18.2 Å². The quantitative estimate of drug-likeness (QED) is 0.450. The fourth-order valence-corrected chi connectivity index (χ4v) is 4.41. The lowest BCUT2D eigenvalue weighted by Crippen LogP contribution is -2.30. The zero-order chi connectivity index (χ0) is 21.2. The smallest absolute Gasteiger partial charge is 0.267 e. The highest BCUT2D eigenvalue weighted by Crippen LogP contribution is 2.44. The minimum atomic E-state index is -0.257. The van der Waals surface area contributed by atoms with Gasteiger partial charge < -0.3 is 8.83 Å². The summed E-state index contributed by atoms with van der Waals surface area (Å²) in [4.78, 5) is 13.2. The molecule has 0 N–H and O–H groups in total. The topological polar surface area (TPSA) is 59.0 Å². The van der Waals surface area contributed by atoms with Crippen LogP contribution in [0.2, 0.25) is 5.02 Å². The van der Waals surface area contributed by atoms with Crippen molar-refractivity contribution in [3.05, 3.63) is 94.8 Å². The van der Waals surface area contributed by atoms with Crippen LogP contribution in [0, 0.1) is 5.92 Å². The molecule has 0 saturated heterocycles. The van der Waals surface area contributed by atoms with Crippen LogP contribution in [0.4, 0.5) is 0 Å². The molecule has 0 radical (unpaired) electrons. The van der Waals surface area contributed by atoms with Gasteiger partial charge in [-0.1, -0.05) is 23.7 Å². The van der Waals surface area contributed by atoms with Gasteiger partial charge in [0.1, 0.15) is 17.6 Å². The highest BCUT2D eigenvalue weighted by atomic mass is 35.5. The number of rotatable bonds is 4. The number of amides is 1. The molecule has 1 fully saturated rings. The minimum Gasteiger partial charge on any atom is -0.467 e. The molecule has 1 aliphatic carbocycles. The second-order valence-corrected chi connectivity index (χ2v) is 8.13. The van der Waals surface area contributed by atoms with E-state index in [0.29, 0.717) is 5.02 Å². The Labute approximate surface area is 185 Å². The number of nitrogens with zero attached hydrogens (tertiary/aromatic N) is 2. The first kappa shape index (κ1) is 19.6. The molecule has 31 heavy (non-hydrogen) atoms. The van der Waals surface area contributed by atoms with Crippen molar-refractivity contribution in [2.45, 2.75) is 25.3 Å². The molecule has 3 aromatic rings. The van der Waals surface area contributed by atoms with Crippen molar-refractivity contribution in [3.8, 4) is 0 Å². The van der Waals surface area contributed by atoms with Crippen molar-refractivity contribution in [2.75, 3.05) is 0 Å². The Bertz CT molecular complexity index is 1140. The van der Waals surface area contributed by atoms with Crippen LogP contribution in [0.5, 0.6) is 0 Å². The van der Waals surface area contributed by atoms with Crippen LogP contribution in [-0.4, -0.2) is 16.6 Å². The number of furan rings is 2. The lowest BCUT2D eigenvalue weighted by Gasteiger charge is -2.27. The molecule has 5 nitrogen and oxygen atoms in total. The van der Waals surface area contributed by atoms with Crippen LogP contribution in [0.15, 0.2) is 86.6 Å². The predicted octanol–water partition coefficient (Wildman–Crippen LogP) is 6.36. The first-order valence-electron chi connectivity index (χ1n) is 10.3. The molecule has 1 aliphatic heterocycles. The Morgan fingerprint density at radius 1 is 1.10 bits per heavy atom. The number of halogens is 1. The van der Waals surface area contributed by atoms with Crippen LogP contribution in [0.25, 0.3) is 12.2 Å². The lowest BCUT2D eigenvalue weighted by atomic mass is 9.79. The Morgan fingerprint density at radius 3 is 2.65 bits per heavy atom. The van der Waals surface area contributed by atoms with E-state index in [9.17, 15) is 4.79 Å². The van der Waals surface area contributed by atoms with Gasteiger partial charge in [-0.3, -0.25) is 4.79 Å². The van der Waals surface area contributed by atoms with Gasteiger partial charge in [0.2, 0.25) is 0 Å². The molecule has 2 aliphatic rings. The molecular weight excluding hydrogens is 412 g/mol. The summed E-state index contributed by atoms with van der Waals surface area (Å²) in [6.45, 7) is 0. The van der Waals surface area contributed by atoms with Gasteiger partial charge in [-0.25, -0.2) is 5.01 Å². The van der Waals surface area contributed by atoms with Crippen LogP contribution < -0.4 is 0 Å². The number of allylic oxidation sites excluding steroid dienone is 1. The number of hydrazone groups is 1. The van der Waals surface area contributed by atoms with Gasteiger partial charge >= 0.3 is 0 Å². The number of benzene rings is 1. The number of fused-ring (bicyclic) bond motifs is 1. The molecule has 2 aromatic heterocycles. The molecule has 0 unspecified atom stereocenters. The number of carbonyl (C=O) groups excluding carboxylic acids is 1. The molecule has 2 atom stereocenters. The molecule has 1 aromatic carbocycles. The summed E-state index contributed by atoms with van der Waals surface area (Å²) in [5.41, 5.74) is 2.95. The van der Waals surface area contributed by atoms with Gasteiger partial charge in [-0.15, -0.1) is 0 Å². The first-order valence-corrected chi connectivity index (χ1v) is 10.7. The molecule has 0 bridgehead atoms. The van der Waals surface area contributed by atoms with Gasteiger partial charge in [0.15, 0.2) is 0 Å². The highest BCUT2D eigenvalue weighted by molar-refractivity contribution is 6.30. The molecule has 1 amide bonds. The third-order valence-corrected chi connectivity index (χ3v) is 5.96. The third kappa shape index (κ3) is 4.01. The summed E-state index contributed by atoms with van der Waals surface area (Å²) in [5, 5.41) is 7.02. The van der Waals surface area contributed by atoms with Crippen LogP contribution >= 0.6 is 11.6 Å². The molecule has 5 rings (SSSR count). The predicted molar refractivity (Wildman–Crippen MR) is 120 cm³/mol. The summed E-state index contributed by atoms with van der Waals surface area (Å²) in [6.07, 6.45) is 11.5. The van der Waals surface area contributed by atoms with E-state index in [1.807, 2.05) is 42.5 Å². The van der Waals surface area contributed by atoms with E-state index in [4.69, 9.17) is 25.5 Å². The maximum absolute atomic E-state index is 13.2. The van der Waals surface area contributed by atoms with E-state index < -0.39 is 0 Å². The SMILES string of the molecule is O=C(/C=C/c1ccc(Cl)cc1)N1N=C2/C(=C/c3ccco3)CCC[C@H]2[C@@H]1c1ccco1. The van der Waals surface area contributed by atoms with Crippen molar-refractivity contribution in [3.63, 3.8) is 0 Å². The Balaban J connectivity index is 1.48. The molecular formula is C25H21ClN2O3. The van der Waals surface area contributed by atoms with Gasteiger partial charge in [0, 0.05) is 17.0 Å². The average molecular weight is 433 g/mol. The Hall–Kier alpha value is -3.31. The van der Waals surface area contributed by atoms with Crippen molar-refractivity contribution in [2.24, 2.45) is 11.0 Å². The maximum Gasteiger partial charge on any atom is 0.267 e. The van der Waals surface area contributed by atoms with E-state index in [0.717, 1.165) is 47.6 Å². The zero-order valence-corrected chi connectivity index (χ0v) is 17.5. The highest BCUT2D eigenvalue weighted by Gasteiger charge is 2.44. The first-order chi connectivity index (χ1) is 15.2. The molecule has 1 saturated carbocycles. The lowest BCUT2D eigenvalue weighted by molar-refractivity contribution is -0.128. The van der Waals surface area contributed by atoms with Crippen LogP contribution in [0.3, 0.4) is 0 Å². The second-order valence-electron chi connectivity index (χ2n) is 7.70. The van der Waals surface area contributed by atoms with E-state index in [1.54, 1.807) is 41.8 Å². The zero-order valence-electron chi connectivity index (χ0n) is 16.8. The molecule has 0 spiro atoms. The summed E-state index contributed by atoms with van der Waals surface area (Å²) < 4.78 is 11.2. The van der Waals surface area contributed by atoms with Gasteiger partial charge in [-0.2, -0.15) is 5.10 Å². The summed E-state index contributed by atoms with van der Waals surface area (Å²) in [7, 11) is 0. The van der Waals surface area contributed by atoms with E-state index in [1.165, 1.54) is 0 Å². The average Bonchev–Trinajstić information content (AvgIpc) is 3.54. The van der Waals surface area contributed by atoms with Crippen molar-refractivity contribution in [1.82, 2.24) is 5.01 Å². The fourth-order valence-electron chi connectivity index (χ4n) is 4.28. The van der Waals surface area contributed by atoms with E-state index >= 15 is 0 Å². The fraction of sp³-hybridized carbons (Fsp3) is 0.200. The summed E-state index contributed by atoms with van der Waals surface area (Å²) in [6, 6.07) is 14.6. The van der Waals surface area contributed by atoms with E-state index in [2.05, 4.69) is 0 Å². The molecule has 156 valence electrons. The summed E-state index contributed by atoms with van der Waals surface area (Å²) in [5.74, 6) is 1.45. The van der Waals surface area contributed by atoms with Crippen molar-refractivity contribution in [1.29, 1.82) is 0 Å². The maximum atomic E-state index is 13.2. The second kappa shape index (κ2) is 8.44. The van der Waals surface area contributed by atoms with E-state index in [-0.39, 0.29) is 17.9 Å². The van der Waals surface area contributed by atoms with Crippen molar-refractivity contribution < 1.29 is 13.6 Å². The van der Waals surface area contributed by atoms with Crippen LogP contribution in [-0.2, 0) is 4.79 Å². The molecule has 3 heterocycles. The Morgan fingerprint density at radius 2 is 1.90 bits per heavy atom. The molecule has 6 heteroatoms.